The third-order valence-electron chi connectivity index (χ3n) is 2.97. The lowest BCUT2D eigenvalue weighted by Crippen LogP contribution is -2.44. The summed E-state index contributed by atoms with van der Waals surface area (Å²) in [5.41, 5.74) is -0.101. The molecule has 0 N–H and O–H groups in total. The molecule has 0 aliphatic carbocycles. The monoisotopic (exact) mass is 360 g/mol. The zero-order valence-electron chi connectivity index (χ0n) is 16.2. The number of imide groups is 1. The molecule has 0 spiro atoms. The Bertz CT molecular complexity index is 809. The summed E-state index contributed by atoms with van der Waals surface area (Å²) < 4.78 is 10.7. The molecular weight excluding hydrogens is 336 g/mol. The van der Waals surface area contributed by atoms with Crippen LogP contribution in [-0.4, -0.2) is 38.3 Å². The molecule has 8 heteroatoms. The number of ether oxygens (including phenoxy) is 2. The van der Waals surface area contributed by atoms with E-state index in [1.807, 2.05) is 0 Å². The van der Waals surface area contributed by atoms with E-state index < -0.39 is 23.4 Å². The Kier molecular flexibility index (Phi) is 5.16. The fraction of sp³-hybridized carbons (Fsp3) is 0.500. The minimum atomic E-state index is -0.893. The molecule has 0 bridgehead atoms. The average molecular weight is 360 g/mol. The van der Waals surface area contributed by atoms with Crippen LogP contribution in [0.4, 0.5) is 15.4 Å². The Balaban J connectivity index is 2.59. The van der Waals surface area contributed by atoms with Gasteiger partial charge < -0.3 is 9.47 Å². The topological polar surface area (TPSA) is 94.5 Å². The summed E-state index contributed by atoms with van der Waals surface area (Å²) in [6.07, 6.45) is -0.527. The first-order valence-electron chi connectivity index (χ1n) is 8.22. The Labute approximate surface area is 152 Å². The molecule has 2 rings (SSSR count). The second kappa shape index (κ2) is 6.86. The van der Waals surface area contributed by atoms with Gasteiger partial charge in [0.15, 0.2) is 5.82 Å². The van der Waals surface area contributed by atoms with E-state index in [1.165, 1.54) is 6.33 Å². The van der Waals surface area contributed by atoms with Crippen molar-refractivity contribution in [3.63, 3.8) is 0 Å². The van der Waals surface area contributed by atoms with Gasteiger partial charge in [0.1, 0.15) is 23.0 Å². The van der Waals surface area contributed by atoms with E-state index >= 15 is 0 Å². The van der Waals surface area contributed by atoms with E-state index in [2.05, 4.69) is 15.0 Å². The summed E-state index contributed by atoms with van der Waals surface area (Å²) in [5.74, 6) is 0.0159. The molecule has 0 radical (unpaired) electrons. The quantitative estimate of drug-likeness (QED) is 0.758. The standard InChI is InChI=1S/C18H24N4O4/c1-11-8-9-12-13(21-11)14(20-10-19-12)22(15(23)25-17(2,3)4)16(24)26-18(5,6)7/h8-10H,1-7H3. The van der Waals surface area contributed by atoms with Gasteiger partial charge >= 0.3 is 12.2 Å². The molecular formula is C18H24N4O4. The first-order valence-corrected chi connectivity index (χ1v) is 8.22. The molecule has 0 fully saturated rings. The zero-order chi connectivity index (χ0) is 19.7. The Morgan fingerprint density at radius 3 is 1.96 bits per heavy atom. The molecule has 0 aromatic carbocycles. The fourth-order valence-corrected chi connectivity index (χ4v) is 2.05. The summed E-state index contributed by atoms with van der Waals surface area (Å²) in [6, 6.07) is 3.52. The third-order valence-corrected chi connectivity index (χ3v) is 2.97. The van der Waals surface area contributed by atoms with E-state index in [0.29, 0.717) is 16.7 Å². The smallest absolute Gasteiger partial charge is 0.425 e. The second-order valence-electron chi connectivity index (χ2n) is 7.81. The van der Waals surface area contributed by atoms with Crippen LogP contribution in [-0.2, 0) is 9.47 Å². The number of carbonyl (C=O) groups excluding carboxylic acids is 2. The van der Waals surface area contributed by atoms with Crippen molar-refractivity contribution < 1.29 is 19.1 Å². The summed E-state index contributed by atoms with van der Waals surface area (Å²) in [5, 5.41) is 0. The van der Waals surface area contributed by atoms with E-state index in [9.17, 15) is 9.59 Å². The van der Waals surface area contributed by atoms with Crippen molar-refractivity contribution in [1.29, 1.82) is 0 Å². The predicted octanol–water partition coefficient (Wildman–Crippen LogP) is 4.01. The molecule has 2 amide bonds. The van der Waals surface area contributed by atoms with Crippen LogP contribution in [0.2, 0.25) is 0 Å². The number of aryl methyl sites for hydroxylation is 1. The van der Waals surface area contributed by atoms with Crippen molar-refractivity contribution in [3.8, 4) is 0 Å². The number of carbonyl (C=O) groups is 2. The number of hydrogen-bond acceptors (Lipinski definition) is 7. The van der Waals surface area contributed by atoms with Gasteiger partial charge in [0.25, 0.3) is 0 Å². The lowest BCUT2D eigenvalue weighted by atomic mass is 10.2. The van der Waals surface area contributed by atoms with Gasteiger partial charge in [0.05, 0.1) is 5.52 Å². The number of anilines is 1. The zero-order valence-corrected chi connectivity index (χ0v) is 16.2. The molecule has 0 aliphatic heterocycles. The van der Waals surface area contributed by atoms with E-state index in [0.717, 1.165) is 4.90 Å². The SMILES string of the molecule is Cc1ccc2ncnc(N(C(=O)OC(C)(C)C)C(=O)OC(C)(C)C)c2n1. The van der Waals surface area contributed by atoms with Crippen LogP contribution in [0.15, 0.2) is 18.5 Å². The lowest BCUT2D eigenvalue weighted by molar-refractivity contribution is 0.0429. The molecule has 0 unspecified atom stereocenters. The first-order chi connectivity index (χ1) is 11.9. The molecule has 0 atom stereocenters. The van der Waals surface area contributed by atoms with E-state index in [4.69, 9.17) is 9.47 Å². The largest absolute Gasteiger partial charge is 0.443 e. The molecule has 8 nitrogen and oxygen atoms in total. The number of amides is 2. The van der Waals surface area contributed by atoms with Crippen molar-refractivity contribution in [3.05, 3.63) is 24.2 Å². The highest BCUT2D eigenvalue weighted by Crippen LogP contribution is 2.25. The highest BCUT2D eigenvalue weighted by atomic mass is 16.6. The maximum atomic E-state index is 12.7. The molecule has 0 saturated heterocycles. The average Bonchev–Trinajstić information content (AvgIpc) is 2.44. The molecule has 0 saturated carbocycles. The number of fused-ring (bicyclic) bond motifs is 1. The van der Waals surface area contributed by atoms with E-state index in [-0.39, 0.29) is 5.82 Å². The normalized spacial score (nSPS) is 12.0. The highest BCUT2D eigenvalue weighted by Gasteiger charge is 2.35. The van der Waals surface area contributed by atoms with Gasteiger partial charge in [-0.25, -0.2) is 24.5 Å². The van der Waals surface area contributed by atoms with Crippen LogP contribution >= 0.6 is 0 Å². The summed E-state index contributed by atoms with van der Waals surface area (Å²) in [7, 11) is 0. The number of nitrogens with zero attached hydrogens (tertiary/aromatic N) is 4. The van der Waals surface area contributed by atoms with Gasteiger partial charge in [0, 0.05) is 5.69 Å². The highest BCUT2D eigenvalue weighted by molar-refractivity contribution is 6.12. The van der Waals surface area contributed by atoms with Crippen LogP contribution in [0.25, 0.3) is 11.0 Å². The number of aromatic nitrogens is 3. The van der Waals surface area contributed by atoms with Crippen molar-refractivity contribution in [1.82, 2.24) is 15.0 Å². The van der Waals surface area contributed by atoms with Gasteiger partial charge in [-0.3, -0.25) is 0 Å². The maximum Gasteiger partial charge on any atom is 0.425 e. The maximum absolute atomic E-state index is 12.7. The predicted molar refractivity (Wildman–Crippen MR) is 97.0 cm³/mol. The van der Waals surface area contributed by atoms with Gasteiger partial charge in [-0.15, -0.1) is 0 Å². The Hall–Kier alpha value is -2.77. The number of rotatable bonds is 1. The number of pyridine rings is 1. The molecule has 140 valence electrons. The summed E-state index contributed by atoms with van der Waals surface area (Å²) in [6.45, 7) is 12.0. The van der Waals surface area contributed by atoms with Gasteiger partial charge in [-0.1, -0.05) is 0 Å². The molecule has 26 heavy (non-hydrogen) atoms. The van der Waals surface area contributed by atoms with Gasteiger partial charge in [0.2, 0.25) is 0 Å². The Morgan fingerprint density at radius 2 is 1.46 bits per heavy atom. The van der Waals surface area contributed by atoms with Crippen LogP contribution in [0, 0.1) is 6.92 Å². The summed E-state index contributed by atoms with van der Waals surface area (Å²) >= 11 is 0. The fourth-order valence-electron chi connectivity index (χ4n) is 2.05. The summed E-state index contributed by atoms with van der Waals surface area (Å²) in [4.78, 5) is 38.8. The molecule has 2 heterocycles. The van der Waals surface area contributed by atoms with Crippen molar-refractivity contribution in [2.24, 2.45) is 0 Å². The number of hydrogen-bond donors (Lipinski definition) is 0. The van der Waals surface area contributed by atoms with Crippen LogP contribution in [0.3, 0.4) is 0 Å². The van der Waals surface area contributed by atoms with Crippen molar-refractivity contribution >= 4 is 29.0 Å². The Morgan fingerprint density at radius 1 is 0.923 bits per heavy atom. The van der Waals surface area contributed by atoms with Crippen LogP contribution in [0.1, 0.15) is 47.2 Å². The third kappa shape index (κ3) is 4.87. The molecule has 2 aromatic rings. The van der Waals surface area contributed by atoms with Crippen LogP contribution < -0.4 is 4.90 Å². The van der Waals surface area contributed by atoms with E-state index in [1.54, 1.807) is 60.6 Å². The second-order valence-corrected chi connectivity index (χ2v) is 7.81. The van der Waals surface area contributed by atoms with Gasteiger partial charge in [-0.05, 0) is 60.6 Å². The van der Waals surface area contributed by atoms with Crippen molar-refractivity contribution in [2.45, 2.75) is 59.7 Å². The van der Waals surface area contributed by atoms with Crippen LogP contribution in [0.5, 0.6) is 0 Å². The minimum absolute atomic E-state index is 0.0159. The van der Waals surface area contributed by atoms with Gasteiger partial charge in [-0.2, -0.15) is 4.90 Å². The molecule has 0 aliphatic rings. The lowest BCUT2D eigenvalue weighted by Gasteiger charge is -2.28. The first kappa shape index (κ1) is 19.6. The van der Waals surface area contributed by atoms with Crippen molar-refractivity contribution in [2.75, 3.05) is 4.90 Å². The molecule has 2 aromatic heterocycles. The minimum Gasteiger partial charge on any atom is -0.443 e.